The summed E-state index contributed by atoms with van der Waals surface area (Å²) in [7, 11) is -4.74. The number of hydrogen-bond acceptors (Lipinski definition) is 10. The Bertz CT molecular complexity index is 1330. The van der Waals surface area contributed by atoms with Crippen LogP contribution < -0.4 is 0 Å². The molecule has 76 heavy (non-hydrogen) atoms. The Morgan fingerprint density at radius 1 is 0.355 bits per heavy atom. The molecule has 0 fully saturated rings. The molecule has 0 aliphatic carbocycles. The predicted molar refractivity (Wildman–Crippen MR) is 317 cm³/mol. The molecule has 0 amide bonds. The molecule has 0 saturated heterocycles. The van der Waals surface area contributed by atoms with Crippen LogP contribution in [-0.2, 0) is 42.2 Å². The Morgan fingerprint density at radius 3 is 0.947 bits per heavy atom. The second-order valence-corrected chi connectivity index (χ2v) is 23.8. The molecule has 3 atom stereocenters. The lowest BCUT2D eigenvalue weighted by Gasteiger charge is -2.21. The highest BCUT2D eigenvalue weighted by atomic mass is 31.2. The van der Waals surface area contributed by atoms with Crippen molar-refractivity contribution in [1.29, 1.82) is 0 Å². The number of aliphatic hydroxyl groups is 1. The first-order chi connectivity index (χ1) is 37.2. The number of hydrogen-bond donors (Lipinski definition) is 2. The average Bonchev–Trinajstić information content (AvgIpc) is 3.41. The van der Waals surface area contributed by atoms with Crippen molar-refractivity contribution in [2.75, 3.05) is 26.4 Å². The van der Waals surface area contributed by atoms with E-state index in [2.05, 4.69) is 32.9 Å². The van der Waals surface area contributed by atoms with E-state index in [1.165, 1.54) is 205 Å². The van der Waals surface area contributed by atoms with Crippen molar-refractivity contribution in [3.8, 4) is 0 Å². The van der Waals surface area contributed by atoms with Crippen LogP contribution in [0.4, 0.5) is 0 Å². The normalized spacial score (nSPS) is 13.3. The predicted octanol–water partition coefficient (Wildman–Crippen LogP) is 19.6. The number of unbranched alkanes of at least 4 members (excludes halogenated alkanes) is 43. The standard InChI is InChI=1S/C64H123O11P/c1-4-7-10-13-16-19-22-24-26-28-30-32-34-36-39-41-44-47-50-53-62(66)71-57-61(75-64(68)55-52-49-46-43-40-37-35-33-31-29-27-25-23-20-17-14-11-8-5-2)59-73-76(69,70)72-58-60(56-65)74-63(67)54-51-48-45-42-38-21-18-15-12-9-6-3/h15,18,60-61,65H,4-14,16-17,19-59H2,1-3H3,(H,69,70)/b18-15-. The highest BCUT2D eigenvalue weighted by molar-refractivity contribution is 7.47. The van der Waals surface area contributed by atoms with Crippen molar-refractivity contribution in [3.63, 3.8) is 0 Å². The van der Waals surface area contributed by atoms with Gasteiger partial charge < -0.3 is 24.2 Å². The van der Waals surface area contributed by atoms with Crippen LogP contribution in [0.3, 0.4) is 0 Å². The van der Waals surface area contributed by atoms with Crippen molar-refractivity contribution in [3.05, 3.63) is 12.2 Å². The molecule has 0 rings (SSSR count). The number of esters is 3. The molecule has 0 aromatic heterocycles. The third kappa shape index (κ3) is 56.9. The first-order valence-corrected chi connectivity index (χ1v) is 34.1. The molecule has 450 valence electrons. The minimum Gasteiger partial charge on any atom is -0.462 e. The summed E-state index contributed by atoms with van der Waals surface area (Å²) in [6, 6.07) is 0. The van der Waals surface area contributed by atoms with Crippen LogP contribution in [0.5, 0.6) is 0 Å². The summed E-state index contributed by atoms with van der Waals surface area (Å²) in [5.41, 5.74) is 0. The van der Waals surface area contributed by atoms with Crippen LogP contribution in [0.25, 0.3) is 0 Å². The maximum Gasteiger partial charge on any atom is 0.472 e. The van der Waals surface area contributed by atoms with Gasteiger partial charge >= 0.3 is 25.7 Å². The monoisotopic (exact) mass is 1100 g/mol. The molecule has 0 heterocycles. The van der Waals surface area contributed by atoms with Gasteiger partial charge in [0.25, 0.3) is 0 Å². The third-order valence-electron chi connectivity index (χ3n) is 14.7. The zero-order chi connectivity index (χ0) is 55.5. The first-order valence-electron chi connectivity index (χ1n) is 32.6. The van der Waals surface area contributed by atoms with Crippen LogP contribution in [0.1, 0.15) is 342 Å². The summed E-state index contributed by atoms with van der Waals surface area (Å²) in [5, 5.41) is 9.82. The van der Waals surface area contributed by atoms with Gasteiger partial charge in [-0.05, 0) is 38.5 Å². The Balaban J connectivity index is 4.62. The molecule has 12 heteroatoms. The molecule has 2 N–H and O–H groups in total. The quantitative estimate of drug-likeness (QED) is 0.0197. The molecule has 0 radical (unpaired) electrons. The van der Waals surface area contributed by atoms with Gasteiger partial charge in [-0.15, -0.1) is 0 Å². The number of carbonyl (C=O) groups excluding carboxylic acids is 3. The SMILES string of the molecule is CCCC/C=C\CCCCCCCC(=O)OC(CO)COP(=O)(O)OCC(COC(=O)CCCCCCCCCCCCCCCCCCCCC)OC(=O)CCCCCCCCCCCCCCCCCCCCC. The number of ether oxygens (including phenoxy) is 3. The lowest BCUT2D eigenvalue weighted by atomic mass is 10.0. The fraction of sp³-hybridized carbons (Fsp3) is 0.922. The minimum atomic E-state index is -4.74. The molecule has 0 spiro atoms. The fourth-order valence-electron chi connectivity index (χ4n) is 9.69. The number of rotatable bonds is 62. The number of phosphoric acid groups is 1. The van der Waals surface area contributed by atoms with Crippen molar-refractivity contribution in [2.24, 2.45) is 0 Å². The molecule has 11 nitrogen and oxygen atoms in total. The third-order valence-corrected chi connectivity index (χ3v) is 15.6. The van der Waals surface area contributed by atoms with Gasteiger partial charge in [0, 0.05) is 19.3 Å². The molecule has 0 aliphatic rings. The highest BCUT2D eigenvalue weighted by Crippen LogP contribution is 2.43. The zero-order valence-corrected chi connectivity index (χ0v) is 50.9. The Hall–Kier alpha value is -1.78. The van der Waals surface area contributed by atoms with Crippen molar-refractivity contribution >= 4 is 25.7 Å². The van der Waals surface area contributed by atoms with Gasteiger partial charge in [-0.3, -0.25) is 23.4 Å². The van der Waals surface area contributed by atoms with Gasteiger partial charge in [0.15, 0.2) is 6.10 Å². The maximum absolute atomic E-state index is 13.0. The molecule has 3 unspecified atom stereocenters. The van der Waals surface area contributed by atoms with E-state index < -0.39 is 57.8 Å². The van der Waals surface area contributed by atoms with Gasteiger partial charge in [0.1, 0.15) is 12.7 Å². The molecule has 0 bridgehead atoms. The van der Waals surface area contributed by atoms with Gasteiger partial charge in [-0.25, -0.2) is 4.57 Å². The van der Waals surface area contributed by atoms with E-state index in [9.17, 15) is 28.9 Å². The topological polar surface area (TPSA) is 155 Å². The Morgan fingerprint density at radius 2 is 0.618 bits per heavy atom. The summed E-state index contributed by atoms with van der Waals surface area (Å²) >= 11 is 0. The molecular weight excluding hydrogens is 976 g/mol. The van der Waals surface area contributed by atoms with E-state index >= 15 is 0 Å². The molecular formula is C64H123O11P. The zero-order valence-electron chi connectivity index (χ0n) is 50.0. The van der Waals surface area contributed by atoms with Crippen LogP contribution in [0, 0.1) is 0 Å². The smallest absolute Gasteiger partial charge is 0.462 e. The molecule has 0 aromatic carbocycles. The summed E-state index contributed by atoms with van der Waals surface area (Å²) < 4.78 is 39.7. The summed E-state index contributed by atoms with van der Waals surface area (Å²) in [4.78, 5) is 48.7. The average molecular weight is 1100 g/mol. The second-order valence-electron chi connectivity index (χ2n) is 22.3. The second kappa shape index (κ2) is 59.3. The largest absolute Gasteiger partial charge is 0.472 e. The van der Waals surface area contributed by atoms with E-state index in [0.717, 1.165) is 77.0 Å². The lowest BCUT2D eigenvalue weighted by Crippen LogP contribution is -2.30. The Labute approximate surface area is 468 Å². The van der Waals surface area contributed by atoms with Gasteiger partial charge in [-0.2, -0.15) is 0 Å². The number of allylic oxidation sites excluding steroid dienone is 2. The number of aliphatic hydroxyl groups excluding tert-OH is 1. The van der Waals surface area contributed by atoms with E-state index in [1.807, 2.05) is 0 Å². The van der Waals surface area contributed by atoms with Crippen molar-refractivity contribution in [1.82, 2.24) is 0 Å². The minimum absolute atomic E-state index is 0.172. The maximum atomic E-state index is 13.0. The van der Waals surface area contributed by atoms with E-state index in [-0.39, 0.29) is 25.9 Å². The van der Waals surface area contributed by atoms with E-state index in [4.69, 9.17) is 23.3 Å². The van der Waals surface area contributed by atoms with E-state index in [1.54, 1.807) is 0 Å². The van der Waals surface area contributed by atoms with Gasteiger partial charge in [0.2, 0.25) is 0 Å². The van der Waals surface area contributed by atoms with Crippen LogP contribution in [-0.4, -0.2) is 66.5 Å². The number of carbonyl (C=O) groups is 3. The van der Waals surface area contributed by atoms with Crippen molar-refractivity contribution < 1.29 is 52.2 Å². The first kappa shape index (κ1) is 74.2. The highest BCUT2D eigenvalue weighted by Gasteiger charge is 2.28. The van der Waals surface area contributed by atoms with Gasteiger partial charge in [0.05, 0.1) is 19.8 Å². The van der Waals surface area contributed by atoms with Crippen LogP contribution >= 0.6 is 7.82 Å². The van der Waals surface area contributed by atoms with Crippen LogP contribution in [0.2, 0.25) is 0 Å². The van der Waals surface area contributed by atoms with Gasteiger partial charge in [-0.1, -0.05) is 296 Å². The Kier molecular flexibility index (Phi) is 58.0. The fourth-order valence-corrected chi connectivity index (χ4v) is 10.5. The lowest BCUT2D eigenvalue weighted by molar-refractivity contribution is -0.161. The molecule has 0 aliphatic heterocycles. The van der Waals surface area contributed by atoms with E-state index in [0.29, 0.717) is 19.3 Å². The van der Waals surface area contributed by atoms with Crippen molar-refractivity contribution in [2.45, 2.75) is 354 Å². The molecule has 0 aromatic rings. The summed E-state index contributed by atoms with van der Waals surface area (Å²) in [6.45, 7) is 4.69. The molecule has 0 saturated carbocycles. The summed E-state index contributed by atoms with van der Waals surface area (Å²) in [5.74, 6) is -1.44. The summed E-state index contributed by atoms with van der Waals surface area (Å²) in [6.07, 6.45) is 60.3. The van der Waals surface area contributed by atoms with Crippen LogP contribution in [0.15, 0.2) is 12.2 Å². The number of phosphoric ester groups is 1.